The lowest BCUT2D eigenvalue weighted by molar-refractivity contribution is -0.137. The van der Waals surface area contributed by atoms with E-state index in [9.17, 15) is 9.59 Å². The van der Waals surface area contributed by atoms with E-state index < -0.39 is 12.0 Å². The molecular formula is C15H21NO4. The lowest BCUT2D eigenvalue weighted by Crippen LogP contribution is -2.39. The first-order valence-electron chi connectivity index (χ1n) is 6.77. The predicted octanol–water partition coefficient (Wildman–Crippen LogP) is 1.25. The average molecular weight is 279 g/mol. The Morgan fingerprint density at radius 2 is 1.90 bits per heavy atom. The van der Waals surface area contributed by atoms with E-state index in [1.165, 1.54) is 0 Å². The van der Waals surface area contributed by atoms with Crippen molar-refractivity contribution in [1.29, 1.82) is 0 Å². The maximum atomic E-state index is 12.3. The molecule has 0 spiro atoms. The number of aliphatic hydroxyl groups is 1. The molecule has 3 N–H and O–H groups in total. The summed E-state index contributed by atoms with van der Waals surface area (Å²) in [4.78, 5) is 23.1. The fourth-order valence-corrected chi connectivity index (χ4v) is 1.89. The molecule has 0 aliphatic rings. The maximum Gasteiger partial charge on any atom is 0.305 e. The van der Waals surface area contributed by atoms with Crippen molar-refractivity contribution in [2.45, 2.75) is 32.2 Å². The zero-order valence-electron chi connectivity index (χ0n) is 11.6. The second-order valence-electron chi connectivity index (χ2n) is 4.60. The molecule has 0 bridgehead atoms. The third-order valence-electron chi connectivity index (χ3n) is 3.07. The molecule has 0 aromatic heterocycles. The fraction of sp³-hybridized carbons (Fsp3) is 0.467. The lowest BCUT2D eigenvalue weighted by Gasteiger charge is -2.15. The van der Waals surface area contributed by atoms with Crippen molar-refractivity contribution in [3.05, 3.63) is 35.4 Å². The van der Waals surface area contributed by atoms with E-state index in [1.807, 2.05) is 19.1 Å². The molecule has 0 heterocycles. The molecule has 5 nitrogen and oxygen atoms in total. The van der Waals surface area contributed by atoms with Crippen LogP contribution in [0.5, 0.6) is 0 Å². The molecule has 0 saturated heterocycles. The van der Waals surface area contributed by atoms with Gasteiger partial charge in [-0.25, -0.2) is 0 Å². The van der Waals surface area contributed by atoms with Crippen LogP contribution in [0.4, 0.5) is 0 Å². The molecule has 5 heteroatoms. The smallest absolute Gasteiger partial charge is 0.305 e. The second-order valence-corrected chi connectivity index (χ2v) is 4.60. The number of ketones is 1. The number of carboxylic acids is 1. The van der Waals surface area contributed by atoms with Crippen LogP contribution in [0.2, 0.25) is 0 Å². The van der Waals surface area contributed by atoms with Gasteiger partial charge in [-0.05, 0) is 24.9 Å². The lowest BCUT2D eigenvalue weighted by atomic mass is 10.00. The third-order valence-corrected chi connectivity index (χ3v) is 3.07. The minimum absolute atomic E-state index is 0.00613. The Kier molecular flexibility index (Phi) is 6.90. The van der Waals surface area contributed by atoms with Crippen LogP contribution in [0.15, 0.2) is 24.3 Å². The standard InChI is InChI=1S/C15H21NO4/c1-2-11-4-6-12(7-5-11)15(20)13(10-14(18)19)16-8-3-9-17/h4-7,13,16-17H,2-3,8-10H2,1H3,(H,18,19). The normalized spacial score (nSPS) is 12.1. The van der Waals surface area contributed by atoms with Gasteiger partial charge in [0.15, 0.2) is 5.78 Å². The summed E-state index contributed by atoms with van der Waals surface area (Å²) in [6, 6.07) is 6.44. The molecule has 0 aliphatic heterocycles. The van der Waals surface area contributed by atoms with Crippen molar-refractivity contribution in [2.75, 3.05) is 13.2 Å². The van der Waals surface area contributed by atoms with E-state index >= 15 is 0 Å². The van der Waals surface area contributed by atoms with Crippen LogP contribution in [-0.4, -0.2) is 41.2 Å². The first-order chi connectivity index (χ1) is 9.58. The molecule has 110 valence electrons. The SMILES string of the molecule is CCc1ccc(C(=O)C(CC(=O)O)NCCCO)cc1. The number of carbonyl (C=O) groups excluding carboxylic acids is 1. The Balaban J connectivity index is 2.76. The first kappa shape index (κ1) is 16.3. The largest absolute Gasteiger partial charge is 0.481 e. The molecule has 0 aliphatic carbocycles. The quantitative estimate of drug-likeness (QED) is 0.468. The van der Waals surface area contributed by atoms with Gasteiger partial charge in [0.05, 0.1) is 12.5 Å². The van der Waals surface area contributed by atoms with E-state index in [0.29, 0.717) is 18.5 Å². The van der Waals surface area contributed by atoms with Crippen molar-refractivity contribution in [3.63, 3.8) is 0 Å². The van der Waals surface area contributed by atoms with Gasteiger partial charge in [-0.2, -0.15) is 0 Å². The maximum absolute atomic E-state index is 12.3. The highest BCUT2D eigenvalue weighted by atomic mass is 16.4. The summed E-state index contributed by atoms with van der Waals surface area (Å²) in [5.74, 6) is -1.25. The number of Topliss-reactive ketones (excluding diaryl/α,β-unsaturated/α-hetero) is 1. The van der Waals surface area contributed by atoms with Gasteiger partial charge in [-0.15, -0.1) is 0 Å². The summed E-state index contributed by atoms with van der Waals surface area (Å²) < 4.78 is 0. The number of carboxylic acid groups (broad SMARTS) is 1. The Hall–Kier alpha value is -1.72. The highest BCUT2D eigenvalue weighted by Gasteiger charge is 2.22. The molecule has 0 radical (unpaired) electrons. The summed E-state index contributed by atoms with van der Waals surface area (Å²) in [5, 5.41) is 20.5. The van der Waals surface area contributed by atoms with Crippen LogP contribution in [0.1, 0.15) is 35.7 Å². The molecule has 1 unspecified atom stereocenters. The van der Waals surface area contributed by atoms with Crippen LogP contribution < -0.4 is 5.32 Å². The molecule has 1 atom stereocenters. The molecule has 1 aromatic carbocycles. The number of aliphatic carboxylic acids is 1. The summed E-state index contributed by atoms with van der Waals surface area (Å²) in [6.45, 7) is 2.44. The zero-order valence-corrected chi connectivity index (χ0v) is 11.6. The number of aliphatic hydroxyl groups excluding tert-OH is 1. The monoisotopic (exact) mass is 279 g/mol. The molecule has 1 aromatic rings. The highest BCUT2D eigenvalue weighted by Crippen LogP contribution is 2.10. The minimum Gasteiger partial charge on any atom is -0.481 e. The number of hydrogen-bond acceptors (Lipinski definition) is 4. The predicted molar refractivity (Wildman–Crippen MR) is 75.9 cm³/mol. The van der Waals surface area contributed by atoms with Crippen molar-refractivity contribution in [3.8, 4) is 0 Å². The molecular weight excluding hydrogens is 258 g/mol. The molecule has 20 heavy (non-hydrogen) atoms. The van der Waals surface area contributed by atoms with Crippen molar-refractivity contribution in [1.82, 2.24) is 5.32 Å². The third kappa shape index (κ3) is 5.11. The number of carbonyl (C=O) groups is 2. The van der Waals surface area contributed by atoms with Crippen molar-refractivity contribution in [2.24, 2.45) is 0 Å². The Labute approximate surface area is 118 Å². The molecule has 0 fully saturated rings. The van der Waals surface area contributed by atoms with Gasteiger partial charge in [-0.1, -0.05) is 31.2 Å². The van der Waals surface area contributed by atoms with E-state index in [1.54, 1.807) is 12.1 Å². The van der Waals surface area contributed by atoms with Gasteiger partial charge in [0, 0.05) is 12.2 Å². The summed E-state index contributed by atoms with van der Waals surface area (Å²) in [7, 11) is 0. The van der Waals surface area contributed by atoms with Gasteiger partial charge in [0.25, 0.3) is 0 Å². The zero-order chi connectivity index (χ0) is 15.0. The second kappa shape index (κ2) is 8.45. The van der Waals surface area contributed by atoms with Crippen LogP contribution >= 0.6 is 0 Å². The first-order valence-corrected chi connectivity index (χ1v) is 6.77. The van der Waals surface area contributed by atoms with E-state index in [4.69, 9.17) is 10.2 Å². The van der Waals surface area contributed by atoms with Crippen LogP contribution in [-0.2, 0) is 11.2 Å². The Bertz CT molecular complexity index is 442. The molecule has 0 saturated carbocycles. The summed E-state index contributed by atoms with van der Waals surface area (Å²) in [5.41, 5.74) is 1.63. The summed E-state index contributed by atoms with van der Waals surface area (Å²) in [6.07, 6.45) is 1.11. The van der Waals surface area contributed by atoms with E-state index in [0.717, 1.165) is 12.0 Å². The highest BCUT2D eigenvalue weighted by molar-refractivity contribution is 6.01. The van der Waals surface area contributed by atoms with Crippen LogP contribution in [0.3, 0.4) is 0 Å². The van der Waals surface area contributed by atoms with E-state index in [2.05, 4.69) is 5.32 Å². The van der Waals surface area contributed by atoms with E-state index in [-0.39, 0.29) is 18.8 Å². The summed E-state index contributed by atoms with van der Waals surface area (Å²) >= 11 is 0. The topological polar surface area (TPSA) is 86.6 Å². The van der Waals surface area contributed by atoms with Gasteiger partial charge in [0.2, 0.25) is 0 Å². The minimum atomic E-state index is -1.02. The fourth-order valence-electron chi connectivity index (χ4n) is 1.89. The van der Waals surface area contributed by atoms with Crippen LogP contribution in [0.25, 0.3) is 0 Å². The number of rotatable bonds is 9. The number of nitrogens with one attached hydrogen (secondary N) is 1. The number of aryl methyl sites for hydroxylation is 1. The number of hydrogen-bond donors (Lipinski definition) is 3. The van der Waals surface area contributed by atoms with Gasteiger partial charge >= 0.3 is 5.97 Å². The number of benzene rings is 1. The average Bonchev–Trinajstić information content (AvgIpc) is 2.45. The molecule has 0 amide bonds. The van der Waals surface area contributed by atoms with Gasteiger partial charge < -0.3 is 15.5 Å². The van der Waals surface area contributed by atoms with Crippen molar-refractivity contribution >= 4 is 11.8 Å². The Morgan fingerprint density at radius 1 is 1.25 bits per heavy atom. The van der Waals surface area contributed by atoms with Crippen molar-refractivity contribution < 1.29 is 19.8 Å². The van der Waals surface area contributed by atoms with Gasteiger partial charge in [0.1, 0.15) is 0 Å². The van der Waals surface area contributed by atoms with Gasteiger partial charge in [-0.3, -0.25) is 9.59 Å². The Morgan fingerprint density at radius 3 is 2.40 bits per heavy atom. The van der Waals surface area contributed by atoms with Crippen LogP contribution in [0, 0.1) is 0 Å². The molecule has 1 rings (SSSR count).